The van der Waals surface area contributed by atoms with Gasteiger partial charge in [-0.3, -0.25) is 0 Å². The van der Waals surface area contributed by atoms with Crippen LogP contribution in [-0.2, 0) is 10.2 Å². The summed E-state index contributed by atoms with van der Waals surface area (Å²) in [7, 11) is -3.29. The van der Waals surface area contributed by atoms with E-state index in [-0.39, 0.29) is 6.04 Å². The summed E-state index contributed by atoms with van der Waals surface area (Å²) >= 11 is 0. The van der Waals surface area contributed by atoms with Crippen molar-refractivity contribution in [2.75, 3.05) is 26.2 Å². The van der Waals surface area contributed by atoms with Gasteiger partial charge >= 0.3 is 0 Å². The molecule has 0 aromatic carbocycles. The third-order valence-corrected chi connectivity index (χ3v) is 6.71. The first-order chi connectivity index (χ1) is 9.09. The molecule has 1 unspecified atom stereocenters. The van der Waals surface area contributed by atoms with E-state index in [0.29, 0.717) is 32.1 Å². The van der Waals surface area contributed by atoms with Crippen LogP contribution in [0.25, 0.3) is 0 Å². The zero-order chi connectivity index (χ0) is 13.9. The van der Waals surface area contributed by atoms with Gasteiger partial charge in [-0.15, -0.1) is 0 Å². The minimum absolute atomic E-state index is 0.00245. The highest BCUT2D eigenvalue weighted by Crippen LogP contribution is 2.27. The van der Waals surface area contributed by atoms with Gasteiger partial charge in [0.15, 0.2) is 0 Å². The van der Waals surface area contributed by atoms with E-state index in [2.05, 4.69) is 6.92 Å². The molecule has 0 aliphatic carbocycles. The Morgan fingerprint density at radius 3 is 2.37 bits per heavy atom. The summed E-state index contributed by atoms with van der Waals surface area (Å²) in [5.41, 5.74) is 5.74. The SMILES string of the molecule is CCC1CCN(S(=O)(=O)N2CCCCC2CN)CC1. The number of piperidine rings is 2. The lowest BCUT2D eigenvalue weighted by molar-refractivity contribution is 0.211. The normalized spacial score (nSPS) is 28.6. The molecule has 5 nitrogen and oxygen atoms in total. The molecule has 2 fully saturated rings. The van der Waals surface area contributed by atoms with Gasteiger partial charge in [0.05, 0.1) is 0 Å². The van der Waals surface area contributed by atoms with E-state index in [4.69, 9.17) is 5.73 Å². The van der Waals surface area contributed by atoms with Crippen molar-refractivity contribution in [1.29, 1.82) is 0 Å². The number of hydrogen-bond donors (Lipinski definition) is 1. The first-order valence-electron chi connectivity index (χ1n) is 7.56. The maximum atomic E-state index is 12.7. The Balaban J connectivity index is 2.05. The average Bonchev–Trinajstić information content (AvgIpc) is 2.47. The summed E-state index contributed by atoms with van der Waals surface area (Å²) in [6.07, 6.45) is 6.10. The second-order valence-electron chi connectivity index (χ2n) is 5.75. The molecule has 112 valence electrons. The second-order valence-corrected chi connectivity index (χ2v) is 7.64. The summed E-state index contributed by atoms with van der Waals surface area (Å²) in [5, 5.41) is 0. The number of nitrogens with two attached hydrogens (primary N) is 1. The fourth-order valence-electron chi connectivity index (χ4n) is 3.21. The van der Waals surface area contributed by atoms with Crippen molar-refractivity contribution < 1.29 is 8.42 Å². The number of rotatable bonds is 4. The lowest BCUT2D eigenvalue weighted by Gasteiger charge is -2.39. The van der Waals surface area contributed by atoms with Gasteiger partial charge in [-0.1, -0.05) is 19.8 Å². The van der Waals surface area contributed by atoms with Crippen molar-refractivity contribution in [1.82, 2.24) is 8.61 Å². The predicted molar refractivity (Wildman–Crippen MR) is 76.9 cm³/mol. The molecule has 0 aromatic heterocycles. The third kappa shape index (κ3) is 3.29. The zero-order valence-corrected chi connectivity index (χ0v) is 12.7. The molecule has 0 radical (unpaired) electrons. The van der Waals surface area contributed by atoms with Crippen molar-refractivity contribution in [2.45, 2.75) is 51.5 Å². The van der Waals surface area contributed by atoms with Gasteiger partial charge in [0, 0.05) is 32.2 Å². The van der Waals surface area contributed by atoms with Gasteiger partial charge in [0.2, 0.25) is 0 Å². The Labute approximate surface area is 117 Å². The second kappa shape index (κ2) is 6.52. The maximum Gasteiger partial charge on any atom is 0.282 e. The van der Waals surface area contributed by atoms with E-state index in [9.17, 15) is 8.42 Å². The Hall–Kier alpha value is -0.170. The molecule has 0 spiro atoms. The van der Waals surface area contributed by atoms with Crippen LogP contribution in [0.4, 0.5) is 0 Å². The molecule has 2 aliphatic rings. The van der Waals surface area contributed by atoms with Gasteiger partial charge in [-0.05, 0) is 31.6 Å². The number of nitrogens with zero attached hydrogens (tertiary/aromatic N) is 2. The lowest BCUT2D eigenvalue weighted by atomic mass is 9.96. The minimum atomic E-state index is -3.29. The molecular formula is C13H27N3O2S. The average molecular weight is 289 g/mol. The van der Waals surface area contributed by atoms with Gasteiger partial charge in [0.25, 0.3) is 10.2 Å². The molecular weight excluding hydrogens is 262 g/mol. The fourth-order valence-corrected chi connectivity index (χ4v) is 5.11. The standard InChI is InChI=1S/C13H27N3O2S/c1-2-12-6-9-15(10-7-12)19(17,18)16-8-4-3-5-13(16)11-14/h12-13H,2-11,14H2,1H3. The highest BCUT2D eigenvalue weighted by Gasteiger charge is 2.37. The van der Waals surface area contributed by atoms with Crippen molar-refractivity contribution in [3.05, 3.63) is 0 Å². The Morgan fingerprint density at radius 1 is 1.11 bits per heavy atom. The highest BCUT2D eigenvalue weighted by atomic mass is 32.2. The van der Waals surface area contributed by atoms with Gasteiger partial charge < -0.3 is 5.73 Å². The molecule has 2 heterocycles. The van der Waals surface area contributed by atoms with Crippen LogP contribution >= 0.6 is 0 Å². The summed E-state index contributed by atoms with van der Waals surface area (Å²) in [6.45, 7) is 4.61. The van der Waals surface area contributed by atoms with E-state index in [1.54, 1.807) is 8.61 Å². The summed E-state index contributed by atoms with van der Waals surface area (Å²) < 4.78 is 28.7. The molecule has 19 heavy (non-hydrogen) atoms. The van der Waals surface area contributed by atoms with E-state index in [1.807, 2.05) is 0 Å². The summed E-state index contributed by atoms with van der Waals surface area (Å²) in [6, 6.07) is 0.00245. The molecule has 6 heteroatoms. The largest absolute Gasteiger partial charge is 0.329 e. The van der Waals surface area contributed by atoms with Crippen molar-refractivity contribution in [3.63, 3.8) is 0 Å². The summed E-state index contributed by atoms with van der Waals surface area (Å²) in [5.74, 6) is 0.693. The Bertz CT molecular complexity index is 377. The summed E-state index contributed by atoms with van der Waals surface area (Å²) in [4.78, 5) is 0. The van der Waals surface area contributed by atoms with Crippen LogP contribution in [0.15, 0.2) is 0 Å². The number of hydrogen-bond acceptors (Lipinski definition) is 3. The fraction of sp³-hybridized carbons (Fsp3) is 1.00. The van der Waals surface area contributed by atoms with Crippen LogP contribution in [-0.4, -0.2) is 49.2 Å². The van der Waals surface area contributed by atoms with Crippen molar-refractivity contribution in [2.24, 2.45) is 11.7 Å². The topological polar surface area (TPSA) is 66.6 Å². The van der Waals surface area contributed by atoms with E-state index < -0.39 is 10.2 Å². The van der Waals surface area contributed by atoms with Crippen LogP contribution in [0.1, 0.15) is 45.4 Å². The predicted octanol–water partition coefficient (Wildman–Crippen LogP) is 1.17. The van der Waals surface area contributed by atoms with Gasteiger partial charge in [-0.2, -0.15) is 17.0 Å². The first kappa shape index (κ1) is 15.2. The van der Waals surface area contributed by atoms with Crippen molar-refractivity contribution in [3.8, 4) is 0 Å². The van der Waals surface area contributed by atoms with E-state index >= 15 is 0 Å². The van der Waals surface area contributed by atoms with Crippen molar-refractivity contribution >= 4 is 10.2 Å². The molecule has 0 aromatic rings. The maximum absolute atomic E-state index is 12.7. The zero-order valence-electron chi connectivity index (χ0n) is 11.9. The van der Waals surface area contributed by atoms with Crippen LogP contribution in [0, 0.1) is 5.92 Å². The lowest BCUT2D eigenvalue weighted by Crippen LogP contribution is -2.54. The molecule has 2 aliphatic heterocycles. The van der Waals surface area contributed by atoms with E-state index in [0.717, 1.165) is 38.5 Å². The third-order valence-electron chi connectivity index (χ3n) is 4.62. The monoisotopic (exact) mass is 289 g/mol. The Kier molecular flexibility index (Phi) is 5.22. The Morgan fingerprint density at radius 2 is 1.79 bits per heavy atom. The van der Waals surface area contributed by atoms with Gasteiger partial charge in [0.1, 0.15) is 0 Å². The minimum Gasteiger partial charge on any atom is -0.329 e. The molecule has 2 saturated heterocycles. The molecule has 0 amide bonds. The molecule has 2 rings (SSSR count). The smallest absolute Gasteiger partial charge is 0.282 e. The first-order valence-corrected chi connectivity index (χ1v) is 8.96. The molecule has 0 saturated carbocycles. The van der Waals surface area contributed by atoms with E-state index in [1.165, 1.54) is 0 Å². The van der Waals surface area contributed by atoms with Crippen LogP contribution < -0.4 is 5.73 Å². The van der Waals surface area contributed by atoms with Crippen LogP contribution in [0.5, 0.6) is 0 Å². The van der Waals surface area contributed by atoms with Gasteiger partial charge in [-0.25, -0.2) is 0 Å². The van der Waals surface area contributed by atoms with Crippen LogP contribution in [0.3, 0.4) is 0 Å². The quantitative estimate of drug-likeness (QED) is 0.844. The van der Waals surface area contributed by atoms with Crippen LogP contribution in [0.2, 0.25) is 0 Å². The molecule has 1 atom stereocenters. The molecule has 2 N–H and O–H groups in total. The molecule has 0 bridgehead atoms. The highest BCUT2D eigenvalue weighted by molar-refractivity contribution is 7.86.